The van der Waals surface area contributed by atoms with Gasteiger partial charge in [-0.25, -0.2) is 4.98 Å². The number of hydrogen-bond acceptors (Lipinski definition) is 4. The molecule has 0 radical (unpaired) electrons. The van der Waals surface area contributed by atoms with E-state index in [1.165, 1.54) is 15.9 Å². The number of hydrogen-bond donors (Lipinski definition) is 1. The number of nitrogens with zero attached hydrogens (tertiary/aromatic N) is 2. The lowest BCUT2D eigenvalue weighted by Crippen LogP contribution is -2.34. The highest BCUT2D eigenvalue weighted by molar-refractivity contribution is 7.19. The summed E-state index contributed by atoms with van der Waals surface area (Å²) in [4.78, 5) is 31.2. The van der Waals surface area contributed by atoms with Crippen molar-refractivity contribution in [2.75, 3.05) is 0 Å². The lowest BCUT2D eigenvalue weighted by Gasteiger charge is -2.16. The Balaban J connectivity index is 2.41. The molecule has 24 heavy (non-hydrogen) atoms. The summed E-state index contributed by atoms with van der Waals surface area (Å²) in [6.45, 7) is 5.54. The van der Waals surface area contributed by atoms with E-state index in [1.807, 2.05) is 44.2 Å². The van der Waals surface area contributed by atoms with Crippen molar-refractivity contribution in [3.8, 4) is 11.1 Å². The highest BCUT2D eigenvalue weighted by Crippen LogP contribution is 2.35. The molecule has 0 bridgehead atoms. The zero-order valence-electron chi connectivity index (χ0n) is 13.9. The van der Waals surface area contributed by atoms with E-state index < -0.39 is 11.9 Å². The summed E-state index contributed by atoms with van der Waals surface area (Å²) < 4.78 is 1.43. The van der Waals surface area contributed by atoms with Gasteiger partial charge in [0, 0.05) is 16.9 Å². The van der Waals surface area contributed by atoms with Crippen LogP contribution in [0.2, 0.25) is 0 Å². The molecule has 0 aliphatic carbocycles. The van der Waals surface area contributed by atoms with E-state index in [0.29, 0.717) is 22.5 Å². The van der Waals surface area contributed by atoms with Gasteiger partial charge in [0.1, 0.15) is 16.7 Å². The Bertz CT molecular complexity index is 973. The largest absolute Gasteiger partial charge is 0.368 e. The summed E-state index contributed by atoms with van der Waals surface area (Å²) in [6, 6.07) is 9.04. The predicted octanol–water partition coefficient (Wildman–Crippen LogP) is 3.04. The number of primary amides is 1. The third-order valence-electron chi connectivity index (χ3n) is 4.18. The molecule has 0 spiro atoms. The molecule has 1 atom stereocenters. The molecule has 6 heteroatoms. The first-order valence-corrected chi connectivity index (χ1v) is 8.66. The average molecular weight is 341 g/mol. The van der Waals surface area contributed by atoms with Crippen LogP contribution in [0.4, 0.5) is 0 Å². The first kappa shape index (κ1) is 16.4. The van der Waals surface area contributed by atoms with Crippen LogP contribution in [0.15, 0.2) is 35.1 Å². The van der Waals surface area contributed by atoms with Gasteiger partial charge in [0.25, 0.3) is 5.56 Å². The number of aryl methyl sites for hydroxylation is 2. The van der Waals surface area contributed by atoms with Crippen LogP contribution in [0, 0.1) is 6.92 Å². The molecule has 0 saturated heterocycles. The summed E-state index contributed by atoms with van der Waals surface area (Å²) >= 11 is 1.51. The van der Waals surface area contributed by atoms with Crippen LogP contribution in [0.25, 0.3) is 21.3 Å². The van der Waals surface area contributed by atoms with Crippen LogP contribution < -0.4 is 11.3 Å². The van der Waals surface area contributed by atoms with Crippen molar-refractivity contribution in [2.45, 2.75) is 33.2 Å². The lowest BCUT2D eigenvalue weighted by molar-refractivity contribution is -0.120. The maximum Gasteiger partial charge on any atom is 0.263 e. The molecule has 3 aromatic rings. The molecule has 5 nitrogen and oxygen atoms in total. The van der Waals surface area contributed by atoms with E-state index in [9.17, 15) is 9.59 Å². The fourth-order valence-corrected chi connectivity index (χ4v) is 4.00. The van der Waals surface area contributed by atoms with Gasteiger partial charge in [0.15, 0.2) is 0 Å². The van der Waals surface area contributed by atoms with Crippen molar-refractivity contribution in [2.24, 2.45) is 5.73 Å². The summed E-state index contributed by atoms with van der Waals surface area (Å²) in [7, 11) is 0. The standard InChI is InChI=1S/C18H19N3O2S/c1-4-13-20-17-15(18(23)21(13)10(2)16(19)22)14(11(3)24-17)12-8-6-5-7-9-12/h5-10H,4H2,1-3H3,(H2,19,22). The molecule has 2 heterocycles. The van der Waals surface area contributed by atoms with Crippen LogP contribution in [-0.2, 0) is 11.2 Å². The fourth-order valence-electron chi connectivity index (χ4n) is 2.94. The number of nitrogens with two attached hydrogens (primary N) is 1. The van der Waals surface area contributed by atoms with E-state index in [4.69, 9.17) is 5.73 Å². The van der Waals surface area contributed by atoms with E-state index in [-0.39, 0.29) is 5.56 Å². The zero-order chi connectivity index (χ0) is 17.4. The van der Waals surface area contributed by atoms with Gasteiger partial charge in [-0.05, 0) is 19.4 Å². The number of fused-ring (bicyclic) bond motifs is 1. The number of benzene rings is 1. The fraction of sp³-hybridized carbons (Fsp3) is 0.278. The first-order valence-electron chi connectivity index (χ1n) is 7.85. The van der Waals surface area contributed by atoms with Gasteiger partial charge in [-0.15, -0.1) is 11.3 Å². The quantitative estimate of drug-likeness (QED) is 0.792. The van der Waals surface area contributed by atoms with Gasteiger partial charge < -0.3 is 5.73 Å². The second-order valence-corrected chi connectivity index (χ2v) is 6.92. The zero-order valence-corrected chi connectivity index (χ0v) is 14.7. The Morgan fingerprint density at radius 2 is 2.00 bits per heavy atom. The molecule has 2 N–H and O–H groups in total. The minimum Gasteiger partial charge on any atom is -0.368 e. The molecule has 1 unspecified atom stereocenters. The third kappa shape index (κ3) is 2.53. The summed E-state index contributed by atoms with van der Waals surface area (Å²) in [5.41, 5.74) is 7.10. The van der Waals surface area contributed by atoms with Crippen molar-refractivity contribution in [3.63, 3.8) is 0 Å². The lowest BCUT2D eigenvalue weighted by atomic mass is 10.0. The Morgan fingerprint density at radius 1 is 1.33 bits per heavy atom. The predicted molar refractivity (Wildman–Crippen MR) is 97.3 cm³/mol. The van der Waals surface area contributed by atoms with E-state index in [0.717, 1.165) is 16.0 Å². The average Bonchev–Trinajstić information content (AvgIpc) is 2.91. The molecule has 0 saturated carbocycles. The number of thiophene rings is 1. The molecule has 1 aromatic carbocycles. The molecule has 0 fully saturated rings. The first-order chi connectivity index (χ1) is 11.5. The van der Waals surface area contributed by atoms with Gasteiger partial charge in [0.2, 0.25) is 5.91 Å². The number of amides is 1. The summed E-state index contributed by atoms with van der Waals surface area (Å²) in [5.74, 6) is 0.0424. The van der Waals surface area contributed by atoms with Crippen molar-refractivity contribution < 1.29 is 4.79 Å². The molecule has 0 aliphatic heterocycles. The summed E-state index contributed by atoms with van der Waals surface area (Å²) in [5, 5.41) is 0.564. The molecule has 3 rings (SSSR count). The van der Waals surface area contributed by atoms with E-state index >= 15 is 0 Å². The minimum atomic E-state index is -0.729. The van der Waals surface area contributed by atoms with E-state index in [2.05, 4.69) is 4.98 Å². The Morgan fingerprint density at radius 3 is 2.58 bits per heavy atom. The van der Waals surface area contributed by atoms with Gasteiger partial charge in [-0.2, -0.15) is 0 Å². The van der Waals surface area contributed by atoms with Crippen LogP contribution in [0.3, 0.4) is 0 Å². The van der Waals surface area contributed by atoms with Crippen molar-refractivity contribution >= 4 is 27.5 Å². The Labute approximate surface area is 143 Å². The van der Waals surface area contributed by atoms with Crippen molar-refractivity contribution in [3.05, 3.63) is 51.4 Å². The highest BCUT2D eigenvalue weighted by Gasteiger charge is 2.23. The molecular formula is C18H19N3O2S. The smallest absolute Gasteiger partial charge is 0.263 e. The monoisotopic (exact) mass is 341 g/mol. The Kier molecular flexibility index (Phi) is 4.24. The molecule has 0 aliphatic rings. The third-order valence-corrected chi connectivity index (χ3v) is 5.18. The van der Waals surface area contributed by atoms with Crippen molar-refractivity contribution in [1.29, 1.82) is 0 Å². The highest BCUT2D eigenvalue weighted by atomic mass is 32.1. The van der Waals surface area contributed by atoms with Crippen LogP contribution >= 0.6 is 11.3 Å². The molecule has 2 aromatic heterocycles. The van der Waals surface area contributed by atoms with Gasteiger partial charge in [0.05, 0.1) is 5.39 Å². The maximum absolute atomic E-state index is 13.2. The minimum absolute atomic E-state index is 0.202. The normalized spacial score (nSPS) is 12.5. The van der Waals surface area contributed by atoms with Gasteiger partial charge in [-0.3, -0.25) is 14.2 Å². The Hall–Kier alpha value is -2.47. The number of carbonyl (C=O) groups is 1. The topological polar surface area (TPSA) is 78.0 Å². The SMILES string of the molecule is CCc1nc2sc(C)c(-c3ccccc3)c2c(=O)n1C(C)C(N)=O. The van der Waals surface area contributed by atoms with E-state index in [1.54, 1.807) is 6.92 Å². The number of aromatic nitrogens is 2. The molecule has 124 valence electrons. The summed E-state index contributed by atoms with van der Waals surface area (Å²) in [6.07, 6.45) is 0.556. The maximum atomic E-state index is 13.2. The van der Waals surface area contributed by atoms with Gasteiger partial charge >= 0.3 is 0 Å². The van der Waals surface area contributed by atoms with Gasteiger partial charge in [-0.1, -0.05) is 37.3 Å². The van der Waals surface area contributed by atoms with Crippen LogP contribution in [0.5, 0.6) is 0 Å². The second kappa shape index (κ2) is 6.20. The molecule has 1 amide bonds. The number of rotatable bonds is 4. The molecular weight excluding hydrogens is 322 g/mol. The van der Waals surface area contributed by atoms with Crippen LogP contribution in [0.1, 0.15) is 30.6 Å². The second-order valence-electron chi connectivity index (χ2n) is 5.71. The van der Waals surface area contributed by atoms with Crippen LogP contribution in [-0.4, -0.2) is 15.5 Å². The number of carbonyl (C=O) groups excluding carboxylic acids is 1. The van der Waals surface area contributed by atoms with Crippen molar-refractivity contribution in [1.82, 2.24) is 9.55 Å².